The molecule has 1 unspecified atom stereocenters. The third kappa shape index (κ3) is 2.81. The molecule has 1 saturated heterocycles. The molecule has 3 rings (SSSR count). The van der Waals surface area contributed by atoms with Gasteiger partial charge in [0.05, 0.1) is 25.5 Å². The lowest BCUT2D eigenvalue weighted by Crippen LogP contribution is -2.42. The van der Waals surface area contributed by atoms with Crippen LogP contribution in [-0.4, -0.2) is 47.2 Å². The summed E-state index contributed by atoms with van der Waals surface area (Å²) in [6.45, 7) is 8.09. The summed E-state index contributed by atoms with van der Waals surface area (Å²) in [6, 6.07) is 0.503. The Kier molecular flexibility index (Phi) is 4.21. The van der Waals surface area contributed by atoms with Gasteiger partial charge in [-0.3, -0.25) is 4.90 Å². The van der Waals surface area contributed by atoms with E-state index in [-0.39, 0.29) is 6.10 Å². The van der Waals surface area contributed by atoms with Crippen LogP contribution in [0.1, 0.15) is 37.0 Å². The van der Waals surface area contributed by atoms with Crippen LogP contribution in [0.4, 0.5) is 0 Å². The zero-order valence-corrected chi connectivity index (χ0v) is 12.7. The van der Waals surface area contributed by atoms with E-state index in [0.717, 1.165) is 30.8 Å². The maximum atomic E-state index is 6.27. The van der Waals surface area contributed by atoms with Gasteiger partial charge in [-0.15, -0.1) is 0 Å². The molecule has 0 amide bonds. The Hall–Kier alpha value is -0.750. The first-order valence-electron chi connectivity index (χ1n) is 7.13. The van der Waals surface area contributed by atoms with Gasteiger partial charge < -0.3 is 9.47 Å². The molecule has 1 atom stereocenters. The summed E-state index contributed by atoms with van der Waals surface area (Å²) in [6.07, 6.45) is 0.711. The molecule has 3 heterocycles. The number of nitrogens with zero attached hydrogens (tertiary/aromatic N) is 3. The minimum atomic E-state index is -0.0863. The second-order valence-corrected chi connectivity index (χ2v) is 5.91. The third-order valence-electron chi connectivity index (χ3n) is 3.91. The van der Waals surface area contributed by atoms with Crippen LogP contribution in [0.2, 0.25) is 5.15 Å². The van der Waals surface area contributed by atoms with E-state index in [1.165, 1.54) is 0 Å². The Bertz CT molecular complexity index is 496. The van der Waals surface area contributed by atoms with E-state index in [4.69, 9.17) is 21.1 Å². The van der Waals surface area contributed by atoms with Gasteiger partial charge in [0.15, 0.2) is 5.82 Å². The van der Waals surface area contributed by atoms with Crippen LogP contribution in [0.25, 0.3) is 0 Å². The van der Waals surface area contributed by atoms with E-state index in [9.17, 15) is 0 Å². The second-order valence-electron chi connectivity index (χ2n) is 5.55. The van der Waals surface area contributed by atoms with Gasteiger partial charge in [0.2, 0.25) is 0 Å². The van der Waals surface area contributed by atoms with Gasteiger partial charge in [-0.1, -0.05) is 11.6 Å². The summed E-state index contributed by atoms with van der Waals surface area (Å²) in [5.41, 5.74) is 1.94. The molecule has 2 aliphatic rings. The van der Waals surface area contributed by atoms with Gasteiger partial charge in [0.25, 0.3) is 0 Å². The normalized spacial score (nSPS) is 23.9. The molecule has 1 aromatic rings. The van der Waals surface area contributed by atoms with Gasteiger partial charge in [0, 0.05) is 31.1 Å². The van der Waals surface area contributed by atoms with Crippen molar-refractivity contribution in [3.05, 3.63) is 22.2 Å². The largest absolute Gasteiger partial charge is 0.376 e. The summed E-state index contributed by atoms with van der Waals surface area (Å²) in [5.74, 6) is 0.709. The van der Waals surface area contributed by atoms with Crippen LogP contribution >= 0.6 is 11.6 Å². The topological polar surface area (TPSA) is 47.5 Å². The second kappa shape index (κ2) is 5.93. The maximum absolute atomic E-state index is 6.27. The van der Waals surface area contributed by atoms with Crippen LogP contribution < -0.4 is 0 Å². The summed E-state index contributed by atoms with van der Waals surface area (Å²) in [7, 11) is 0. The van der Waals surface area contributed by atoms with Gasteiger partial charge >= 0.3 is 0 Å². The Balaban J connectivity index is 1.84. The van der Waals surface area contributed by atoms with E-state index >= 15 is 0 Å². The third-order valence-corrected chi connectivity index (χ3v) is 4.22. The Morgan fingerprint density at radius 3 is 2.95 bits per heavy atom. The minimum absolute atomic E-state index is 0.0863. The molecule has 0 radical (unpaired) electrons. The van der Waals surface area contributed by atoms with Gasteiger partial charge in [-0.05, 0) is 13.8 Å². The Morgan fingerprint density at radius 2 is 2.15 bits per heavy atom. The van der Waals surface area contributed by atoms with Gasteiger partial charge in [-0.2, -0.15) is 0 Å². The van der Waals surface area contributed by atoms with Crippen molar-refractivity contribution in [3.8, 4) is 0 Å². The number of rotatable bonds is 2. The molecular formula is C14H20ClN3O2. The first kappa shape index (κ1) is 14.2. The summed E-state index contributed by atoms with van der Waals surface area (Å²) >= 11 is 6.27. The zero-order valence-electron chi connectivity index (χ0n) is 11.9. The summed E-state index contributed by atoms with van der Waals surface area (Å²) in [4.78, 5) is 11.5. The lowest BCUT2D eigenvalue weighted by Gasteiger charge is -2.35. The predicted octanol–water partition coefficient (Wildman–Crippen LogP) is 1.98. The van der Waals surface area contributed by atoms with E-state index < -0.39 is 0 Å². The number of hydrogen-bond acceptors (Lipinski definition) is 5. The van der Waals surface area contributed by atoms with Crippen LogP contribution in [0.3, 0.4) is 0 Å². The number of morpholine rings is 1. The molecule has 0 spiro atoms. The first-order chi connectivity index (χ1) is 9.65. The molecule has 2 aliphatic heterocycles. The lowest BCUT2D eigenvalue weighted by molar-refractivity contribution is -0.0445. The van der Waals surface area contributed by atoms with Crippen molar-refractivity contribution in [1.29, 1.82) is 0 Å². The van der Waals surface area contributed by atoms with Crippen molar-refractivity contribution in [3.63, 3.8) is 0 Å². The molecule has 5 nitrogen and oxygen atoms in total. The maximum Gasteiger partial charge on any atom is 0.160 e. The molecule has 1 aromatic heterocycles. The van der Waals surface area contributed by atoms with Gasteiger partial charge in [-0.25, -0.2) is 9.97 Å². The molecule has 0 bridgehead atoms. The first-order valence-corrected chi connectivity index (χ1v) is 7.51. The van der Waals surface area contributed by atoms with E-state index in [1.807, 2.05) is 0 Å². The quantitative estimate of drug-likeness (QED) is 0.781. The molecule has 1 fully saturated rings. The Morgan fingerprint density at radius 1 is 1.30 bits per heavy atom. The van der Waals surface area contributed by atoms with Crippen molar-refractivity contribution in [2.24, 2.45) is 0 Å². The average molecular weight is 298 g/mol. The summed E-state index contributed by atoms with van der Waals surface area (Å²) < 4.78 is 11.2. The number of fused-ring (bicyclic) bond motifs is 1. The molecule has 20 heavy (non-hydrogen) atoms. The van der Waals surface area contributed by atoms with Crippen LogP contribution in [0.5, 0.6) is 0 Å². The molecule has 0 aliphatic carbocycles. The SMILES string of the molecule is CC(C)N1CCOC(c2nc(Cl)c3c(n2)CCOC3)C1. The molecule has 0 N–H and O–H groups in total. The fourth-order valence-electron chi connectivity index (χ4n) is 2.65. The highest BCUT2D eigenvalue weighted by Crippen LogP contribution is 2.27. The highest BCUT2D eigenvalue weighted by atomic mass is 35.5. The molecule has 110 valence electrons. The zero-order chi connectivity index (χ0) is 14.1. The lowest BCUT2D eigenvalue weighted by atomic mass is 10.1. The number of ether oxygens (including phenoxy) is 2. The fraction of sp³-hybridized carbons (Fsp3) is 0.714. The van der Waals surface area contributed by atoms with Crippen LogP contribution in [-0.2, 0) is 22.5 Å². The van der Waals surface area contributed by atoms with Crippen molar-refractivity contribution in [1.82, 2.24) is 14.9 Å². The smallest absolute Gasteiger partial charge is 0.160 e. The minimum Gasteiger partial charge on any atom is -0.376 e. The molecular weight excluding hydrogens is 278 g/mol. The molecule has 0 saturated carbocycles. The van der Waals surface area contributed by atoms with E-state index in [1.54, 1.807) is 0 Å². The standard InChI is InChI=1S/C14H20ClN3O2/c1-9(2)18-4-6-20-12(7-18)14-16-11-3-5-19-8-10(11)13(15)17-14/h9,12H,3-8H2,1-2H3. The fourth-order valence-corrected chi connectivity index (χ4v) is 2.90. The number of hydrogen-bond donors (Lipinski definition) is 0. The highest BCUT2D eigenvalue weighted by molar-refractivity contribution is 6.30. The Labute approximate surface area is 124 Å². The van der Waals surface area contributed by atoms with Crippen molar-refractivity contribution < 1.29 is 9.47 Å². The number of halogens is 1. The average Bonchev–Trinajstić information content (AvgIpc) is 2.47. The van der Waals surface area contributed by atoms with E-state index in [2.05, 4.69) is 28.7 Å². The van der Waals surface area contributed by atoms with Crippen LogP contribution in [0.15, 0.2) is 0 Å². The number of aromatic nitrogens is 2. The summed E-state index contributed by atoms with van der Waals surface area (Å²) in [5, 5.41) is 0.509. The molecule has 6 heteroatoms. The van der Waals surface area contributed by atoms with Crippen molar-refractivity contribution in [2.75, 3.05) is 26.3 Å². The van der Waals surface area contributed by atoms with Crippen molar-refractivity contribution in [2.45, 2.75) is 39.0 Å². The predicted molar refractivity (Wildman–Crippen MR) is 75.8 cm³/mol. The molecule has 0 aromatic carbocycles. The van der Waals surface area contributed by atoms with E-state index in [0.29, 0.717) is 36.8 Å². The van der Waals surface area contributed by atoms with Gasteiger partial charge in [0.1, 0.15) is 11.3 Å². The van der Waals surface area contributed by atoms with Crippen LogP contribution in [0, 0.1) is 0 Å². The van der Waals surface area contributed by atoms with Crippen molar-refractivity contribution >= 4 is 11.6 Å². The monoisotopic (exact) mass is 297 g/mol. The highest BCUT2D eigenvalue weighted by Gasteiger charge is 2.27.